The molecule has 0 N–H and O–H groups in total. The average Bonchev–Trinajstić information content (AvgIpc) is 3.99. The zero-order valence-electron chi connectivity index (χ0n) is 32.2. The van der Waals surface area contributed by atoms with E-state index < -0.39 is 5.41 Å². The van der Waals surface area contributed by atoms with E-state index in [0.717, 1.165) is 55.0 Å². The van der Waals surface area contributed by atoms with E-state index in [4.69, 9.17) is 25.1 Å². The molecule has 60 heavy (non-hydrogen) atoms. The summed E-state index contributed by atoms with van der Waals surface area (Å²) in [5, 5.41) is 14.2. The minimum atomic E-state index is -0.472. The Hall–Kier alpha value is -8.09. The van der Waals surface area contributed by atoms with Crippen molar-refractivity contribution in [1.82, 2.24) is 29.9 Å². The summed E-state index contributed by atoms with van der Waals surface area (Å²) in [6.07, 6.45) is 0. The molecule has 0 atom stereocenters. The van der Waals surface area contributed by atoms with E-state index in [-0.39, 0.29) is 0 Å². The van der Waals surface area contributed by atoms with Crippen LogP contribution in [0.25, 0.3) is 94.7 Å². The number of para-hydroxylation sites is 1. The van der Waals surface area contributed by atoms with Crippen LogP contribution in [0.5, 0.6) is 0 Å². The largest absolute Gasteiger partial charge is 0.208 e. The van der Waals surface area contributed by atoms with Crippen molar-refractivity contribution in [3.8, 4) is 62.1 Å². The van der Waals surface area contributed by atoms with E-state index in [1.165, 1.54) is 44.5 Å². The normalized spacial score (nSPS) is 13.1. The van der Waals surface area contributed by atoms with Crippen molar-refractivity contribution >= 4 is 32.6 Å². The average molecular weight is 765 g/mol. The lowest BCUT2D eigenvalue weighted by Crippen LogP contribution is -2.25. The first-order valence-corrected chi connectivity index (χ1v) is 20.3. The van der Waals surface area contributed by atoms with Gasteiger partial charge in [-0.05, 0) is 91.0 Å². The highest BCUT2D eigenvalue weighted by Gasteiger charge is 2.51. The maximum atomic E-state index is 5.32. The van der Waals surface area contributed by atoms with Crippen molar-refractivity contribution in [3.63, 3.8) is 0 Å². The Kier molecular flexibility index (Phi) is 6.84. The second-order valence-electron chi connectivity index (χ2n) is 15.7. The molecule has 0 fully saturated rings. The Balaban J connectivity index is 1.03. The Bertz CT molecular complexity index is 3490. The third kappa shape index (κ3) is 4.61. The van der Waals surface area contributed by atoms with Crippen molar-refractivity contribution in [1.29, 1.82) is 0 Å². The van der Waals surface area contributed by atoms with Crippen molar-refractivity contribution in [2.24, 2.45) is 0 Å². The predicted molar refractivity (Wildman–Crippen MR) is 240 cm³/mol. The smallest absolute Gasteiger partial charge is 0.164 e. The molecular formula is C54H32N6. The molecule has 0 radical (unpaired) electrons. The highest BCUT2D eigenvalue weighted by Crippen LogP contribution is 2.63. The fourth-order valence-electron chi connectivity index (χ4n) is 9.92. The zero-order valence-corrected chi connectivity index (χ0v) is 32.2. The van der Waals surface area contributed by atoms with Gasteiger partial charge in [-0.15, -0.1) is 10.2 Å². The number of hydrogen-bond donors (Lipinski definition) is 0. The van der Waals surface area contributed by atoms with E-state index in [0.29, 0.717) is 17.5 Å². The number of aromatic nitrogens is 6. The number of hydrogen-bond acceptors (Lipinski definition) is 5. The van der Waals surface area contributed by atoms with Crippen LogP contribution in [0.1, 0.15) is 22.3 Å². The molecule has 11 aromatic rings. The minimum absolute atomic E-state index is 0.472. The first-order chi connectivity index (χ1) is 29.7. The molecular weight excluding hydrogens is 733 g/mol. The van der Waals surface area contributed by atoms with Crippen LogP contribution >= 0.6 is 0 Å². The van der Waals surface area contributed by atoms with Gasteiger partial charge in [-0.2, -0.15) is 4.80 Å². The fourth-order valence-corrected chi connectivity index (χ4v) is 9.92. The van der Waals surface area contributed by atoms with Gasteiger partial charge in [-0.25, -0.2) is 15.0 Å². The van der Waals surface area contributed by atoms with Gasteiger partial charge in [0.2, 0.25) is 0 Å². The van der Waals surface area contributed by atoms with Crippen LogP contribution in [-0.4, -0.2) is 29.9 Å². The lowest BCUT2D eigenvalue weighted by molar-refractivity contribution is 0.766. The van der Waals surface area contributed by atoms with Crippen molar-refractivity contribution in [2.75, 3.05) is 0 Å². The maximum absolute atomic E-state index is 5.32. The summed E-state index contributed by atoms with van der Waals surface area (Å²) in [7, 11) is 0. The molecule has 0 amide bonds. The minimum Gasteiger partial charge on any atom is -0.208 e. The molecule has 2 heterocycles. The predicted octanol–water partition coefficient (Wildman–Crippen LogP) is 12.3. The van der Waals surface area contributed by atoms with E-state index in [1.807, 2.05) is 54.6 Å². The van der Waals surface area contributed by atoms with Crippen molar-refractivity contribution < 1.29 is 0 Å². The van der Waals surface area contributed by atoms with Crippen LogP contribution in [0.15, 0.2) is 194 Å². The van der Waals surface area contributed by atoms with Gasteiger partial charge in [0, 0.05) is 22.1 Å². The molecule has 2 aliphatic rings. The highest BCUT2D eigenvalue weighted by atomic mass is 15.5. The van der Waals surface area contributed by atoms with Gasteiger partial charge in [0.1, 0.15) is 11.0 Å². The van der Waals surface area contributed by atoms with E-state index in [9.17, 15) is 0 Å². The summed E-state index contributed by atoms with van der Waals surface area (Å²) in [5.41, 5.74) is 15.1. The first-order valence-electron chi connectivity index (χ1n) is 20.3. The zero-order chi connectivity index (χ0) is 39.4. The lowest BCUT2D eigenvalue weighted by atomic mass is 9.70. The molecule has 2 aliphatic carbocycles. The SMILES string of the molecule is c1ccc(-c2nc(-c3ccc4c(c3)C3(c5ccccc5-c5ccccc53)c3ccccc3-4)nc(-c3ccc4ccc5ccc6nn(-c7ccccc7)nc6c5c4c3)n2)cc1. The molecule has 9 aromatic carbocycles. The van der Waals surface area contributed by atoms with Gasteiger partial charge in [0.25, 0.3) is 0 Å². The summed E-state index contributed by atoms with van der Waals surface area (Å²) >= 11 is 0. The molecule has 0 aliphatic heterocycles. The lowest BCUT2D eigenvalue weighted by Gasteiger charge is -2.30. The Morgan fingerprint density at radius 2 is 0.867 bits per heavy atom. The van der Waals surface area contributed by atoms with Crippen LogP contribution in [0, 0.1) is 0 Å². The number of benzene rings is 9. The monoisotopic (exact) mass is 764 g/mol. The van der Waals surface area contributed by atoms with Crippen molar-refractivity contribution in [2.45, 2.75) is 5.41 Å². The van der Waals surface area contributed by atoms with Crippen LogP contribution in [0.2, 0.25) is 0 Å². The second kappa shape index (κ2) is 12.5. The van der Waals surface area contributed by atoms with Gasteiger partial charge in [-0.1, -0.05) is 164 Å². The van der Waals surface area contributed by atoms with Gasteiger partial charge < -0.3 is 0 Å². The molecule has 6 heteroatoms. The van der Waals surface area contributed by atoms with Crippen LogP contribution in [-0.2, 0) is 5.41 Å². The standard InChI is InChI=1S/C54H32N6/c1-3-13-35(14-4-1)51-55-52(36-26-24-33-23-25-34-28-30-48-50(49(34)43(33)31-36)59-60(58-48)38-15-5-2-6-16-38)57-53(56-51)37-27-29-42-41-19-9-12-22-46(41)54(47(42)32-37)44-20-10-7-17-39(44)40-18-8-11-21-45(40)54/h1-32H. The molecule has 0 bridgehead atoms. The first kappa shape index (κ1) is 32.9. The van der Waals surface area contributed by atoms with Crippen LogP contribution in [0.3, 0.4) is 0 Å². The van der Waals surface area contributed by atoms with Gasteiger partial charge >= 0.3 is 0 Å². The Labute approximate surface area is 345 Å². The topological polar surface area (TPSA) is 69.4 Å². The van der Waals surface area contributed by atoms with Gasteiger partial charge in [0.15, 0.2) is 17.5 Å². The van der Waals surface area contributed by atoms with Gasteiger partial charge in [-0.3, -0.25) is 0 Å². The number of nitrogens with zero attached hydrogens (tertiary/aromatic N) is 6. The molecule has 0 saturated heterocycles. The van der Waals surface area contributed by atoms with Gasteiger partial charge in [0.05, 0.1) is 11.1 Å². The molecule has 2 aromatic heterocycles. The highest BCUT2D eigenvalue weighted by molar-refractivity contribution is 6.18. The summed E-state index contributed by atoms with van der Waals surface area (Å²) in [6, 6.07) is 68.7. The van der Waals surface area contributed by atoms with Crippen molar-refractivity contribution in [3.05, 3.63) is 216 Å². The third-order valence-electron chi connectivity index (χ3n) is 12.5. The van der Waals surface area contributed by atoms with Crippen LogP contribution in [0.4, 0.5) is 0 Å². The number of fused-ring (bicyclic) bond motifs is 15. The molecule has 1 spiro atoms. The quantitative estimate of drug-likeness (QED) is 0.167. The second-order valence-corrected chi connectivity index (χ2v) is 15.7. The summed E-state index contributed by atoms with van der Waals surface area (Å²) < 4.78 is 0. The van der Waals surface area contributed by atoms with E-state index in [2.05, 4.69) is 140 Å². The summed E-state index contributed by atoms with van der Waals surface area (Å²) in [4.78, 5) is 17.4. The molecule has 6 nitrogen and oxygen atoms in total. The summed E-state index contributed by atoms with van der Waals surface area (Å²) in [6.45, 7) is 0. The Morgan fingerprint density at radius 1 is 0.367 bits per heavy atom. The molecule has 0 unspecified atom stereocenters. The number of rotatable bonds is 4. The molecule has 278 valence electrons. The van der Waals surface area contributed by atoms with Crippen LogP contribution < -0.4 is 0 Å². The fraction of sp³-hybridized carbons (Fsp3) is 0.0185. The maximum Gasteiger partial charge on any atom is 0.164 e. The summed E-state index contributed by atoms with van der Waals surface area (Å²) in [5.74, 6) is 1.85. The molecule has 0 saturated carbocycles. The van der Waals surface area contributed by atoms with E-state index >= 15 is 0 Å². The molecule has 13 rings (SSSR count). The van der Waals surface area contributed by atoms with E-state index in [1.54, 1.807) is 4.80 Å². The third-order valence-corrected chi connectivity index (χ3v) is 12.5. The Morgan fingerprint density at radius 3 is 1.53 bits per heavy atom.